The molecule has 1 aromatic heterocycles. The number of hydrogen-bond acceptors (Lipinski definition) is 12. The maximum absolute atomic E-state index is 14.2. The third-order valence-electron chi connectivity index (χ3n) is 9.03. The first-order chi connectivity index (χ1) is 28.9. The van der Waals surface area contributed by atoms with Gasteiger partial charge in [0.1, 0.15) is 30.2 Å². The predicted molar refractivity (Wildman–Crippen MR) is 229 cm³/mol. The van der Waals surface area contributed by atoms with Gasteiger partial charge in [0, 0.05) is 55.7 Å². The quantitative estimate of drug-likeness (QED) is 0.0238. The van der Waals surface area contributed by atoms with Gasteiger partial charge in [0.25, 0.3) is 5.97 Å². The van der Waals surface area contributed by atoms with Gasteiger partial charge in [-0.2, -0.15) is 25.3 Å². The second-order valence-electron chi connectivity index (χ2n) is 13.8. The zero-order valence-corrected chi connectivity index (χ0v) is 35.3. The molecule has 0 aliphatic carbocycles. The first kappa shape index (κ1) is 51.1. The highest BCUT2D eigenvalue weighted by atomic mass is 32.1. The summed E-state index contributed by atoms with van der Waals surface area (Å²) in [7, 11) is 0. The van der Waals surface area contributed by atoms with Crippen molar-refractivity contribution < 1.29 is 53.4 Å². The van der Waals surface area contributed by atoms with E-state index in [-0.39, 0.29) is 49.7 Å². The number of amides is 7. The lowest BCUT2D eigenvalue weighted by atomic mass is 10.0. The fourth-order valence-electron chi connectivity index (χ4n) is 6.20. The van der Waals surface area contributed by atoms with E-state index < -0.39 is 96.5 Å². The van der Waals surface area contributed by atoms with Crippen LogP contribution in [0, 0.1) is 0 Å². The predicted octanol–water partition coefficient (Wildman–Crippen LogP) is -2.50. The number of unbranched alkanes of at least 4 members (excludes halogenated alkanes) is 1. The largest absolute Gasteiger partial charge is 0.481 e. The van der Waals surface area contributed by atoms with Crippen LogP contribution >= 0.6 is 25.3 Å². The lowest BCUT2D eigenvalue weighted by Gasteiger charge is -2.30. The van der Waals surface area contributed by atoms with E-state index in [4.69, 9.17) is 27.1 Å². The number of aromatic nitrogens is 1. The molecular formula is C37H55N11O11S2. The van der Waals surface area contributed by atoms with Crippen LogP contribution in [0.5, 0.6) is 0 Å². The minimum absolute atomic E-state index is 0.0363. The number of aliphatic carboxylic acids is 2. The van der Waals surface area contributed by atoms with Crippen molar-refractivity contribution in [3.8, 4) is 0 Å². The fraction of sp³-hybridized carbons (Fsp3) is 0.514. The number of nitrogens with zero attached hydrogens (tertiary/aromatic N) is 2. The molecule has 2 heterocycles. The van der Waals surface area contributed by atoms with Gasteiger partial charge in [0.2, 0.25) is 41.4 Å². The molecule has 336 valence electrons. The van der Waals surface area contributed by atoms with Crippen LogP contribution in [0.3, 0.4) is 0 Å². The number of primary amides is 1. The van der Waals surface area contributed by atoms with Crippen LogP contribution in [0.4, 0.5) is 0 Å². The Balaban J connectivity index is 0.00000306. The summed E-state index contributed by atoms with van der Waals surface area (Å²) in [6, 6.07) is 1.05. The van der Waals surface area contributed by atoms with Crippen LogP contribution in [-0.2, 0) is 49.6 Å². The SMILES string of the molecule is CC(=O)O.NC(=O)[C@H](CS)NC(=O)[C@@H]1CCCN1C(=O)[C@H](Cc1c[nH]c2ccccc12)NC(=O)[C@H](CC(=O)O)NC(=O)CNC(=O)[C@H](CCCCN=C(N)N)NC(=O)CCS. The molecule has 1 aliphatic rings. The standard InChI is InChI=1S/C35H51N11O9S2.C2H4O2/c36-30(51)25(18-57)45-33(54)26-9-5-12-46(26)34(55)24(14-19-16-40-21-7-2-1-6-20(19)21)44-32(53)23(15-29(49)50)43-28(48)17-41-31(52)22(42-27(47)10-13-56)8-3-4-11-39-35(37)38;1-2(3)4/h1-2,6-7,16,22-26,40,56-57H,3-5,8-15,17-18H2,(H2,36,51)(H,41,52)(H,42,47)(H,43,48)(H,44,53)(H,45,54)(H,49,50)(H4,37,38,39);1H3,(H,3,4)/t22-,23-,24-,25-,26-;/m0./s1. The zero-order valence-electron chi connectivity index (χ0n) is 33.6. The Kier molecular flexibility index (Phi) is 22.0. The number of thiol groups is 2. The molecule has 1 saturated heterocycles. The van der Waals surface area contributed by atoms with Gasteiger partial charge in [-0.05, 0) is 49.5 Å². The number of carboxylic acids is 2. The maximum Gasteiger partial charge on any atom is 0.305 e. The van der Waals surface area contributed by atoms with Gasteiger partial charge in [-0.3, -0.25) is 48.1 Å². The van der Waals surface area contributed by atoms with E-state index in [9.17, 15) is 43.5 Å². The number of carbonyl (C=O) groups is 9. The maximum atomic E-state index is 14.2. The van der Waals surface area contributed by atoms with E-state index in [1.807, 2.05) is 18.2 Å². The van der Waals surface area contributed by atoms with Gasteiger partial charge in [0.15, 0.2) is 5.96 Å². The Morgan fingerprint density at radius 3 is 2.18 bits per heavy atom. The number of benzene rings is 1. The first-order valence-electron chi connectivity index (χ1n) is 19.2. The molecule has 14 N–H and O–H groups in total. The molecule has 0 spiro atoms. The molecule has 1 aliphatic heterocycles. The molecule has 24 heteroatoms. The Bertz CT molecular complexity index is 1900. The van der Waals surface area contributed by atoms with Gasteiger partial charge < -0.3 is 63.9 Å². The normalized spacial score (nSPS) is 15.1. The Morgan fingerprint density at radius 1 is 0.885 bits per heavy atom. The van der Waals surface area contributed by atoms with Crippen molar-refractivity contribution in [2.45, 2.75) is 88.5 Å². The Labute approximate surface area is 362 Å². The van der Waals surface area contributed by atoms with Crippen molar-refractivity contribution in [3.63, 3.8) is 0 Å². The number of nitrogens with one attached hydrogen (secondary N) is 6. The molecule has 1 aromatic carbocycles. The number of aromatic amines is 1. The molecule has 22 nitrogen and oxygen atoms in total. The highest BCUT2D eigenvalue weighted by Gasteiger charge is 2.40. The molecule has 0 saturated carbocycles. The molecule has 0 unspecified atom stereocenters. The number of guanidine groups is 1. The molecule has 2 aromatic rings. The minimum atomic E-state index is -1.70. The van der Waals surface area contributed by atoms with Crippen LogP contribution in [0.1, 0.15) is 57.4 Å². The summed E-state index contributed by atoms with van der Waals surface area (Å²) in [4.78, 5) is 121. The fourth-order valence-corrected chi connectivity index (χ4v) is 6.67. The first-order valence-corrected chi connectivity index (χ1v) is 20.4. The Morgan fingerprint density at radius 2 is 1.56 bits per heavy atom. The van der Waals surface area contributed by atoms with Crippen molar-refractivity contribution in [2.75, 3.05) is 31.1 Å². The zero-order chi connectivity index (χ0) is 45.6. The highest BCUT2D eigenvalue weighted by Crippen LogP contribution is 2.23. The molecule has 0 radical (unpaired) electrons. The number of carboxylic acid groups (broad SMARTS) is 2. The van der Waals surface area contributed by atoms with Crippen molar-refractivity contribution in [1.29, 1.82) is 0 Å². The van der Waals surface area contributed by atoms with E-state index in [1.54, 1.807) is 12.3 Å². The number of nitrogens with two attached hydrogens (primary N) is 3. The molecule has 1 fully saturated rings. The van der Waals surface area contributed by atoms with Crippen molar-refractivity contribution in [1.82, 2.24) is 36.5 Å². The summed E-state index contributed by atoms with van der Waals surface area (Å²) in [5.74, 6) is -7.41. The van der Waals surface area contributed by atoms with E-state index in [1.165, 1.54) is 4.90 Å². The average Bonchev–Trinajstić information content (AvgIpc) is 3.85. The highest BCUT2D eigenvalue weighted by molar-refractivity contribution is 7.80. The van der Waals surface area contributed by atoms with Crippen molar-refractivity contribution >= 4 is 95.4 Å². The van der Waals surface area contributed by atoms with Crippen molar-refractivity contribution in [3.05, 3.63) is 36.0 Å². The third kappa shape index (κ3) is 18.0. The van der Waals surface area contributed by atoms with Gasteiger partial charge in [-0.1, -0.05) is 18.2 Å². The summed E-state index contributed by atoms with van der Waals surface area (Å²) < 4.78 is 0. The lowest BCUT2D eigenvalue weighted by molar-refractivity contribution is -0.143. The number of H-pyrrole nitrogens is 1. The smallest absolute Gasteiger partial charge is 0.305 e. The number of carbonyl (C=O) groups excluding carboxylic acids is 7. The van der Waals surface area contributed by atoms with E-state index >= 15 is 0 Å². The number of rotatable bonds is 23. The summed E-state index contributed by atoms with van der Waals surface area (Å²) >= 11 is 8.09. The van der Waals surface area contributed by atoms with Crippen LogP contribution in [0.15, 0.2) is 35.5 Å². The molecule has 3 rings (SSSR count). The van der Waals surface area contributed by atoms with Gasteiger partial charge >= 0.3 is 5.97 Å². The van der Waals surface area contributed by atoms with Gasteiger partial charge in [0.05, 0.1) is 13.0 Å². The molecule has 5 atom stereocenters. The van der Waals surface area contributed by atoms with E-state index in [2.05, 4.69) is 61.8 Å². The van der Waals surface area contributed by atoms with Gasteiger partial charge in [-0.15, -0.1) is 0 Å². The molecular weight excluding hydrogens is 839 g/mol. The van der Waals surface area contributed by atoms with Crippen LogP contribution in [0.2, 0.25) is 0 Å². The topological polar surface area (TPSA) is 364 Å². The average molecular weight is 894 g/mol. The minimum Gasteiger partial charge on any atom is -0.481 e. The molecule has 7 amide bonds. The third-order valence-corrected chi connectivity index (χ3v) is 9.62. The number of aliphatic imine (C=N–C) groups is 1. The van der Waals surface area contributed by atoms with Crippen molar-refractivity contribution in [2.24, 2.45) is 22.2 Å². The van der Waals surface area contributed by atoms with Gasteiger partial charge in [-0.25, -0.2) is 0 Å². The van der Waals surface area contributed by atoms with Crippen LogP contribution in [0.25, 0.3) is 10.9 Å². The molecule has 61 heavy (non-hydrogen) atoms. The lowest BCUT2D eigenvalue weighted by Crippen LogP contribution is -2.59. The number of fused-ring (bicyclic) bond motifs is 1. The summed E-state index contributed by atoms with van der Waals surface area (Å²) in [5.41, 5.74) is 17.4. The monoisotopic (exact) mass is 893 g/mol. The number of likely N-dealkylation sites (tertiary alicyclic amines) is 1. The van der Waals surface area contributed by atoms with Crippen LogP contribution < -0.4 is 43.8 Å². The summed E-state index contributed by atoms with van der Waals surface area (Å²) in [5, 5.41) is 30.2. The number of para-hydroxylation sites is 1. The number of hydrogen-bond donors (Lipinski definition) is 13. The molecule has 0 bridgehead atoms. The second-order valence-corrected chi connectivity index (χ2v) is 14.6. The Hall–Kier alpha value is -6.04. The van der Waals surface area contributed by atoms with E-state index in [0.717, 1.165) is 17.8 Å². The summed E-state index contributed by atoms with van der Waals surface area (Å²) in [6.07, 6.45) is 2.53. The van der Waals surface area contributed by atoms with Crippen LogP contribution in [-0.4, -0.2) is 141 Å². The summed E-state index contributed by atoms with van der Waals surface area (Å²) in [6.45, 7) is 0.837. The van der Waals surface area contributed by atoms with E-state index in [0.29, 0.717) is 31.4 Å². The second kappa shape index (κ2) is 26.2.